The molecule has 2 heterocycles. The maximum atomic E-state index is 12.6. The van der Waals surface area contributed by atoms with Gasteiger partial charge in [-0.25, -0.2) is 4.98 Å². The minimum absolute atomic E-state index is 0.201. The van der Waals surface area contributed by atoms with Gasteiger partial charge in [-0.05, 0) is 75.6 Å². The van der Waals surface area contributed by atoms with Crippen LogP contribution in [0.2, 0.25) is 0 Å². The highest BCUT2D eigenvalue weighted by Gasteiger charge is 2.14. The summed E-state index contributed by atoms with van der Waals surface area (Å²) in [5.41, 5.74) is 4.68. The number of anilines is 1. The van der Waals surface area contributed by atoms with Crippen LogP contribution in [0.15, 0.2) is 48.7 Å². The van der Waals surface area contributed by atoms with Crippen molar-refractivity contribution in [1.29, 1.82) is 0 Å². The van der Waals surface area contributed by atoms with E-state index in [0.717, 1.165) is 59.6 Å². The molecule has 0 radical (unpaired) electrons. The molecule has 1 aromatic heterocycles. The van der Waals surface area contributed by atoms with E-state index in [1.165, 1.54) is 19.3 Å². The first-order valence-corrected chi connectivity index (χ1v) is 10.9. The maximum absolute atomic E-state index is 12.6. The predicted octanol–water partition coefficient (Wildman–Crippen LogP) is 4.81. The molecule has 3 aromatic rings. The summed E-state index contributed by atoms with van der Waals surface area (Å²) in [5.74, 6) is 1.16. The Morgan fingerprint density at radius 2 is 1.80 bits per heavy atom. The molecule has 0 aliphatic carbocycles. The lowest BCUT2D eigenvalue weighted by atomic mass is 9.99. The Labute approximate surface area is 178 Å². The number of rotatable bonds is 7. The smallest absolute Gasteiger partial charge is 0.162 e. The summed E-state index contributed by atoms with van der Waals surface area (Å²) >= 11 is 0. The number of fused-ring (bicyclic) bond motifs is 1. The molecule has 0 N–H and O–H groups in total. The summed E-state index contributed by atoms with van der Waals surface area (Å²) in [4.78, 5) is 26.5. The molecule has 30 heavy (non-hydrogen) atoms. The zero-order chi connectivity index (χ0) is 20.9. The number of aromatic nitrogens is 2. The molecule has 0 atom stereocenters. The quantitative estimate of drug-likeness (QED) is 0.531. The van der Waals surface area contributed by atoms with Crippen molar-refractivity contribution < 1.29 is 4.79 Å². The van der Waals surface area contributed by atoms with Crippen molar-refractivity contribution >= 4 is 22.6 Å². The molecule has 0 amide bonds. The SMILES string of the molecule is CN(C)CCCC(=O)c1cccc(-c2ccc3ncc(N4CCCCC4)nc3c2)c1. The molecule has 0 spiro atoms. The van der Waals surface area contributed by atoms with Crippen molar-refractivity contribution in [3.05, 3.63) is 54.2 Å². The maximum Gasteiger partial charge on any atom is 0.162 e. The summed E-state index contributed by atoms with van der Waals surface area (Å²) in [6.45, 7) is 3.03. The van der Waals surface area contributed by atoms with E-state index in [1.807, 2.05) is 44.6 Å². The Morgan fingerprint density at radius 3 is 2.60 bits per heavy atom. The van der Waals surface area contributed by atoms with Crippen molar-refractivity contribution in [2.24, 2.45) is 0 Å². The van der Waals surface area contributed by atoms with Gasteiger partial charge in [0.05, 0.1) is 17.2 Å². The topological polar surface area (TPSA) is 49.3 Å². The fourth-order valence-corrected chi connectivity index (χ4v) is 4.03. The molecule has 1 fully saturated rings. The molecule has 5 heteroatoms. The number of Topliss-reactive ketones (excluding diaryl/α,β-unsaturated/α-hetero) is 1. The number of ketones is 1. The van der Waals surface area contributed by atoms with Gasteiger partial charge in [0.15, 0.2) is 5.78 Å². The lowest BCUT2D eigenvalue weighted by Crippen LogP contribution is -2.30. The normalized spacial score (nSPS) is 14.4. The summed E-state index contributed by atoms with van der Waals surface area (Å²) < 4.78 is 0. The van der Waals surface area contributed by atoms with E-state index in [-0.39, 0.29) is 5.78 Å². The average Bonchev–Trinajstić information content (AvgIpc) is 2.78. The van der Waals surface area contributed by atoms with E-state index in [2.05, 4.69) is 33.0 Å². The number of nitrogens with zero attached hydrogens (tertiary/aromatic N) is 4. The highest BCUT2D eigenvalue weighted by molar-refractivity contribution is 5.97. The van der Waals surface area contributed by atoms with E-state index < -0.39 is 0 Å². The molecule has 1 aliphatic heterocycles. The van der Waals surface area contributed by atoms with Gasteiger partial charge in [0.1, 0.15) is 5.82 Å². The Morgan fingerprint density at radius 1 is 1.00 bits per heavy atom. The second kappa shape index (κ2) is 9.35. The van der Waals surface area contributed by atoms with Gasteiger partial charge in [-0.2, -0.15) is 0 Å². The lowest BCUT2D eigenvalue weighted by molar-refractivity contribution is 0.0977. The summed E-state index contributed by atoms with van der Waals surface area (Å²) in [6, 6.07) is 14.1. The van der Waals surface area contributed by atoms with E-state index in [0.29, 0.717) is 6.42 Å². The number of carbonyl (C=O) groups excluding carboxylic acids is 1. The molecule has 156 valence electrons. The molecule has 1 aliphatic rings. The summed E-state index contributed by atoms with van der Waals surface area (Å²) in [7, 11) is 4.06. The molecule has 0 saturated carbocycles. The van der Waals surface area contributed by atoms with Crippen LogP contribution in [0, 0.1) is 0 Å². The molecule has 4 rings (SSSR count). The van der Waals surface area contributed by atoms with Crippen LogP contribution in [0.1, 0.15) is 42.5 Å². The van der Waals surface area contributed by atoms with E-state index in [9.17, 15) is 4.79 Å². The molecular weight excluding hydrogens is 372 g/mol. The number of hydrogen-bond acceptors (Lipinski definition) is 5. The highest BCUT2D eigenvalue weighted by Crippen LogP contribution is 2.26. The number of carbonyl (C=O) groups is 1. The molecular formula is C25H30N4O. The van der Waals surface area contributed by atoms with Crippen LogP contribution < -0.4 is 4.90 Å². The number of piperidine rings is 1. The lowest BCUT2D eigenvalue weighted by Gasteiger charge is -2.27. The van der Waals surface area contributed by atoms with Crippen LogP contribution in [-0.2, 0) is 0 Å². The van der Waals surface area contributed by atoms with Gasteiger partial charge in [0.25, 0.3) is 0 Å². The van der Waals surface area contributed by atoms with Crippen molar-refractivity contribution in [3.63, 3.8) is 0 Å². The molecule has 1 saturated heterocycles. The fraction of sp³-hybridized carbons (Fsp3) is 0.400. The van der Waals surface area contributed by atoms with E-state index >= 15 is 0 Å². The van der Waals surface area contributed by atoms with Gasteiger partial charge in [0, 0.05) is 25.1 Å². The third-order valence-electron chi connectivity index (χ3n) is 5.74. The van der Waals surface area contributed by atoms with Gasteiger partial charge in [-0.1, -0.05) is 24.3 Å². The minimum Gasteiger partial charge on any atom is -0.355 e. The monoisotopic (exact) mass is 402 g/mol. The van der Waals surface area contributed by atoms with Crippen molar-refractivity contribution in [3.8, 4) is 11.1 Å². The largest absolute Gasteiger partial charge is 0.355 e. The third-order valence-corrected chi connectivity index (χ3v) is 5.74. The second-order valence-electron chi connectivity index (χ2n) is 8.39. The van der Waals surface area contributed by atoms with Crippen LogP contribution in [0.5, 0.6) is 0 Å². The van der Waals surface area contributed by atoms with Crippen molar-refractivity contribution in [2.75, 3.05) is 38.6 Å². The fourth-order valence-electron chi connectivity index (χ4n) is 4.03. The number of hydrogen-bond donors (Lipinski definition) is 0. The third kappa shape index (κ3) is 4.85. The molecule has 2 aromatic carbocycles. The van der Waals surface area contributed by atoms with Crippen LogP contribution >= 0.6 is 0 Å². The Bertz CT molecular complexity index is 1020. The second-order valence-corrected chi connectivity index (χ2v) is 8.39. The Kier molecular flexibility index (Phi) is 6.38. The average molecular weight is 403 g/mol. The first-order chi connectivity index (χ1) is 14.6. The standard InChI is InChI=1S/C25H30N4O/c1-28(2)13-7-10-24(30)21-9-6-8-19(16-21)20-11-12-22-23(17-20)27-25(18-26-22)29-14-4-3-5-15-29/h6,8-9,11-12,16-18H,3-5,7,10,13-15H2,1-2H3. The van der Waals surface area contributed by atoms with Crippen LogP contribution in [0.4, 0.5) is 5.82 Å². The first kappa shape index (κ1) is 20.5. The molecule has 0 unspecified atom stereocenters. The van der Waals surface area contributed by atoms with Gasteiger partial charge in [0.2, 0.25) is 0 Å². The van der Waals surface area contributed by atoms with E-state index in [4.69, 9.17) is 4.98 Å². The van der Waals surface area contributed by atoms with Crippen LogP contribution in [0.3, 0.4) is 0 Å². The predicted molar refractivity (Wildman–Crippen MR) is 123 cm³/mol. The van der Waals surface area contributed by atoms with Crippen LogP contribution in [-0.4, -0.2) is 54.4 Å². The highest BCUT2D eigenvalue weighted by atomic mass is 16.1. The minimum atomic E-state index is 0.201. The van der Waals surface area contributed by atoms with Gasteiger partial charge < -0.3 is 9.80 Å². The Balaban J connectivity index is 1.57. The first-order valence-electron chi connectivity index (χ1n) is 10.9. The summed E-state index contributed by atoms with van der Waals surface area (Å²) in [5, 5.41) is 0. The molecule has 0 bridgehead atoms. The summed E-state index contributed by atoms with van der Waals surface area (Å²) in [6.07, 6.45) is 7.07. The van der Waals surface area contributed by atoms with Crippen molar-refractivity contribution in [1.82, 2.24) is 14.9 Å². The Hall–Kier alpha value is -2.79. The zero-order valence-corrected chi connectivity index (χ0v) is 18.0. The van der Waals surface area contributed by atoms with E-state index in [1.54, 1.807) is 0 Å². The zero-order valence-electron chi connectivity index (χ0n) is 18.0. The molecule has 5 nitrogen and oxygen atoms in total. The van der Waals surface area contributed by atoms with Gasteiger partial charge in [-0.3, -0.25) is 9.78 Å². The van der Waals surface area contributed by atoms with Crippen molar-refractivity contribution in [2.45, 2.75) is 32.1 Å². The number of benzene rings is 2. The van der Waals surface area contributed by atoms with Crippen LogP contribution in [0.25, 0.3) is 22.2 Å². The van der Waals surface area contributed by atoms with Gasteiger partial charge >= 0.3 is 0 Å². The van der Waals surface area contributed by atoms with Gasteiger partial charge in [-0.15, -0.1) is 0 Å².